The van der Waals surface area contributed by atoms with E-state index >= 15 is 0 Å². The van der Waals surface area contributed by atoms with Gasteiger partial charge in [0.15, 0.2) is 0 Å². The average molecular weight is 127 g/mol. The fourth-order valence-electron chi connectivity index (χ4n) is 2.07. The molecule has 0 aromatic heterocycles. The van der Waals surface area contributed by atoms with Gasteiger partial charge in [-0.1, -0.05) is 0 Å². The maximum atomic E-state index is 9.25. The van der Waals surface area contributed by atoms with Gasteiger partial charge in [0.05, 0.1) is 6.10 Å². The number of nitrogens with one attached hydrogen (secondary N) is 1. The molecule has 2 aliphatic rings. The zero-order valence-corrected chi connectivity index (χ0v) is 5.51. The minimum atomic E-state index is -0.0104. The highest BCUT2D eigenvalue weighted by Gasteiger charge is 2.32. The molecule has 1 saturated carbocycles. The molecule has 0 aromatic rings. The zero-order valence-electron chi connectivity index (χ0n) is 5.51. The van der Waals surface area contributed by atoms with Crippen molar-refractivity contribution in [1.29, 1.82) is 0 Å². The predicted octanol–water partition coefficient (Wildman–Crippen LogP) is 0.119. The van der Waals surface area contributed by atoms with E-state index in [2.05, 4.69) is 5.32 Å². The summed E-state index contributed by atoms with van der Waals surface area (Å²) in [5, 5.41) is 12.6. The van der Waals surface area contributed by atoms with Crippen molar-refractivity contribution in [1.82, 2.24) is 5.32 Å². The van der Waals surface area contributed by atoms with Crippen LogP contribution in [0, 0.1) is 5.92 Å². The SMILES string of the molecule is OC1CC2CNC(C1)C2. The molecule has 1 saturated heterocycles. The second-order valence-corrected chi connectivity index (χ2v) is 3.33. The van der Waals surface area contributed by atoms with Crippen molar-refractivity contribution in [3.8, 4) is 0 Å². The minimum Gasteiger partial charge on any atom is -0.393 e. The fourth-order valence-corrected chi connectivity index (χ4v) is 2.07. The normalized spacial score (nSPS) is 49.7. The van der Waals surface area contributed by atoms with Crippen LogP contribution in [0.25, 0.3) is 0 Å². The van der Waals surface area contributed by atoms with Crippen molar-refractivity contribution in [2.75, 3.05) is 6.54 Å². The molecule has 3 atom stereocenters. The van der Waals surface area contributed by atoms with Gasteiger partial charge >= 0.3 is 0 Å². The third-order valence-electron chi connectivity index (χ3n) is 2.48. The lowest BCUT2D eigenvalue weighted by molar-refractivity contribution is 0.111. The first kappa shape index (κ1) is 5.69. The summed E-state index contributed by atoms with van der Waals surface area (Å²) in [6.07, 6.45) is 3.31. The molecular weight excluding hydrogens is 114 g/mol. The largest absolute Gasteiger partial charge is 0.393 e. The summed E-state index contributed by atoms with van der Waals surface area (Å²) < 4.78 is 0. The molecule has 2 N–H and O–H groups in total. The molecule has 2 nitrogen and oxygen atoms in total. The lowest BCUT2D eigenvalue weighted by Crippen LogP contribution is -2.27. The fraction of sp³-hybridized carbons (Fsp3) is 1.00. The smallest absolute Gasteiger partial charge is 0.0558 e. The van der Waals surface area contributed by atoms with Crippen LogP contribution in [0.2, 0.25) is 0 Å². The molecule has 52 valence electrons. The Morgan fingerprint density at radius 2 is 2.11 bits per heavy atom. The molecule has 0 spiro atoms. The maximum Gasteiger partial charge on any atom is 0.0558 e. The van der Waals surface area contributed by atoms with E-state index < -0.39 is 0 Å². The molecule has 9 heavy (non-hydrogen) atoms. The predicted molar refractivity (Wildman–Crippen MR) is 35.1 cm³/mol. The molecule has 2 fully saturated rings. The van der Waals surface area contributed by atoms with Crippen molar-refractivity contribution in [2.45, 2.75) is 31.4 Å². The summed E-state index contributed by atoms with van der Waals surface area (Å²) in [7, 11) is 0. The van der Waals surface area contributed by atoms with E-state index in [0.717, 1.165) is 25.3 Å². The van der Waals surface area contributed by atoms with E-state index in [1.54, 1.807) is 0 Å². The Balaban J connectivity index is 2.03. The third-order valence-corrected chi connectivity index (χ3v) is 2.48. The lowest BCUT2D eigenvalue weighted by atomic mass is 9.88. The number of rotatable bonds is 0. The van der Waals surface area contributed by atoms with Crippen LogP contribution in [0.15, 0.2) is 0 Å². The van der Waals surface area contributed by atoms with Crippen LogP contribution in [0.1, 0.15) is 19.3 Å². The van der Waals surface area contributed by atoms with Crippen LogP contribution in [0.5, 0.6) is 0 Å². The van der Waals surface area contributed by atoms with E-state index in [1.165, 1.54) is 6.42 Å². The quantitative estimate of drug-likeness (QED) is 0.484. The Bertz CT molecular complexity index is 103. The van der Waals surface area contributed by atoms with E-state index in [9.17, 15) is 5.11 Å². The summed E-state index contributed by atoms with van der Waals surface area (Å²) in [5.74, 6) is 0.777. The zero-order chi connectivity index (χ0) is 6.27. The topological polar surface area (TPSA) is 32.3 Å². The number of hydrogen-bond donors (Lipinski definition) is 2. The van der Waals surface area contributed by atoms with E-state index in [1.807, 2.05) is 0 Å². The number of aliphatic hydroxyl groups excluding tert-OH is 1. The first-order valence-corrected chi connectivity index (χ1v) is 3.76. The summed E-state index contributed by atoms with van der Waals surface area (Å²) in [6.45, 7) is 1.14. The Morgan fingerprint density at radius 1 is 1.22 bits per heavy atom. The summed E-state index contributed by atoms with van der Waals surface area (Å²) in [6, 6.07) is 0.638. The minimum absolute atomic E-state index is 0.0104. The van der Waals surface area contributed by atoms with Crippen LogP contribution in [0.4, 0.5) is 0 Å². The highest BCUT2D eigenvalue weighted by Crippen LogP contribution is 2.28. The molecule has 2 heteroatoms. The Hall–Kier alpha value is -0.0800. The summed E-state index contributed by atoms with van der Waals surface area (Å²) in [5.41, 5.74) is 0. The number of aliphatic hydroxyl groups is 1. The van der Waals surface area contributed by atoms with Gasteiger partial charge in [0.1, 0.15) is 0 Å². The van der Waals surface area contributed by atoms with Crippen LogP contribution < -0.4 is 5.32 Å². The number of fused-ring (bicyclic) bond motifs is 2. The van der Waals surface area contributed by atoms with Gasteiger partial charge in [-0.3, -0.25) is 0 Å². The van der Waals surface area contributed by atoms with Gasteiger partial charge in [-0.05, 0) is 31.7 Å². The first-order chi connectivity index (χ1) is 4.34. The maximum absolute atomic E-state index is 9.25. The molecule has 2 rings (SSSR count). The Kier molecular flexibility index (Phi) is 1.24. The van der Waals surface area contributed by atoms with E-state index in [-0.39, 0.29) is 6.10 Å². The Labute approximate surface area is 55.3 Å². The van der Waals surface area contributed by atoms with Crippen molar-refractivity contribution < 1.29 is 5.11 Å². The molecule has 1 heterocycles. The first-order valence-electron chi connectivity index (χ1n) is 3.76. The van der Waals surface area contributed by atoms with Crippen molar-refractivity contribution in [2.24, 2.45) is 5.92 Å². The monoisotopic (exact) mass is 127 g/mol. The standard InChI is InChI=1S/C7H13NO/c9-7-2-5-1-6(3-7)8-4-5/h5-9H,1-4H2. The molecular formula is C7H13NO. The van der Waals surface area contributed by atoms with Crippen LogP contribution in [0.3, 0.4) is 0 Å². The van der Waals surface area contributed by atoms with Crippen LogP contribution in [-0.4, -0.2) is 23.8 Å². The molecule has 1 aliphatic heterocycles. The van der Waals surface area contributed by atoms with Gasteiger partial charge in [-0.25, -0.2) is 0 Å². The Morgan fingerprint density at radius 3 is 2.89 bits per heavy atom. The highest BCUT2D eigenvalue weighted by molar-refractivity contribution is 4.89. The van der Waals surface area contributed by atoms with Crippen molar-refractivity contribution in [3.05, 3.63) is 0 Å². The highest BCUT2D eigenvalue weighted by atomic mass is 16.3. The molecule has 0 amide bonds. The van der Waals surface area contributed by atoms with Crippen LogP contribution in [-0.2, 0) is 0 Å². The molecule has 0 aromatic carbocycles. The lowest BCUT2D eigenvalue weighted by Gasteiger charge is -2.22. The average Bonchev–Trinajstić information content (AvgIpc) is 2.11. The van der Waals surface area contributed by atoms with Gasteiger partial charge in [0.25, 0.3) is 0 Å². The number of hydrogen-bond acceptors (Lipinski definition) is 2. The molecule has 0 radical (unpaired) electrons. The van der Waals surface area contributed by atoms with Gasteiger partial charge in [-0.2, -0.15) is 0 Å². The molecule has 2 bridgehead atoms. The van der Waals surface area contributed by atoms with Gasteiger partial charge in [0, 0.05) is 6.04 Å². The van der Waals surface area contributed by atoms with Gasteiger partial charge in [0.2, 0.25) is 0 Å². The summed E-state index contributed by atoms with van der Waals surface area (Å²) in [4.78, 5) is 0. The second kappa shape index (κ2) is 1.96. The molecule has 3 unspecified atom stereocenters. The summed E-state index contributed by atoms with van der Waals surface area (Å²) >= 11 is 0. The van der Waals surface area contributed by atoms with Crippen molar-refractivity contribution in [3.63, 3.8) is 0 Å². The van der Waals surface area contributed by atoms with E-state index in [0.29, 0.717) is 6.04 Å². The van der Waals surface area contributed by atoms with Gasteiger partial charge < -0.3 is 10.4 Å². The van der Waals surface area contributed by atoms with Gasteiger partial charge in [-0.15, -0.1) is 0 Å². The van der Waals surface area contributed by atoms with Crippen LogP contribution >= 0.6 is 0 Å². The van der Waals surface area contributed by atoms with E-state index in [4.69, 9.17) is 0 Å². The second-order valence-electron chi connectivity index (χ2n) is 3.33. The molecule has 1 aliphatic carbocycles. The third kappa shape index (κ3) is 0.970. The van der Waals surface area contributed by atoms with Crippen molar-refractivity contribution >= 4 is 0 Å².